The fourth-order valence-corrected chi connectivity index (χ4v) is 6.91. The highest BCUT2D eigenvalue weighted by atomic mass is 16.7. The van der Waals surface area contributed by atoms with Gasteiger partial charge in [0.05, 0.1) is 23.3 Å². The second-order valence-corrected chi connectivity index (χ2v) is 12.1. The summed E-state index contributed by atoms with van der Waals surface area (Å²) in [7, 11) is 0. The number of aryl methyl sites for hydroxylation is 1. The van der Waals surface area contributed by atoms with Crippen LogP contribution in [-0.2, 0) is 20.0 Å². The third-order valence-electron chi connectivity index (χ3n) is 9.51. The topological polar surface area (TPSA) is 143 Å². The first-order valence-corrected chi connectivity index (χ1v) is 14.3. The van der Waals surface area contributed by atoms with Crippen LogP contribution in [0, 0.1) is 12.8 Å². The summed E-state index contributed by atoms with van der Waals surface area (Å²) in [5, 5.41) is 31.6. The van der Waals surface area contributed by atoms with E-state index in [1.54, 1.807) is 44.7 Å². The molecule has 6 rings (SSSR count). The number of aliphatic hydroxyl groups excluding tert-OH is 2. The Bertz CT molecular complexity index is 1570. The lowest BCUT2D eigenvalue weighted by Gasteiger charge is -2.49. The summed E-state index contributed by atoms with van der Waals surface area (Å²) < 4.78 is 17.9. The zero-order valence-electron chi connectivity index (χ0n) is 24.4. The molecule has 42 heavy (non-hydrogen) atoms. The number of nitrogens with zero attached hydrogens (tertiary/aromatic N) is 1. The third kappa shape index (κ3) is 3.64. The molecule has 3 heterocycles. The summed E-state index contributed by atoms with van der Waals surface area (Å²) >= 11 is 0. The number of phenolic OH excluding ortho intramolecular Hbond substituents is 1. The van der Waals surface area contributed by atoms with Crippen molar-refractivity contribution in [3.8, 4) is 11.5 Å². The van der Waals surface area contributed by atoms with Gasteiger partial charge >= 0.3 is 5.97 Å². The van der Waals surface area contributed by atoms with E-state index in [2.05, 4.69) is 0 Å². The van der Waals surface area contributed by atoms with Crippen LogP contribution >= 0.6 is 0 Å². The molecule has 2 aromatic carbocycles. The Morgan fingerprint density at radius 2 is 1.83 bits per heavy atom. The summed E-state index contributed by atoms with van der Waals surface area (Å²) in [5.41, 5.74) is -1.49. The minimum atomic E-state index is -1.49. The molecule has 4 aliphatic rings. The number of aromatic hydroxyl groups is 1. The number of hydrogen-bond donors (Lipinski definition) is 3. The molecule has 1 aliphatic carbocycles. The molecule has 3 N–H and O–H groups in total. The number of esters is 1. The number of carbonyl (C=O) groups excluding carboxylic acids is 3. The predicted octanol–water partition coefficient (Wildman–Crippen LogP) is 3.58. The highest BCUT2D eigenvalue weighted by molar-refractivity contribution is 6.42. The number of hydrogen-bond acceptors (Lipinski definition) is 10. The van der Waals surface area contributed by atoms with Crippen LogP contribution in [0.1, 0.15) is 84.9 Å². The maximum absolute atomic E-state index is 14.7. The zero-order chi connectivity index (χ0) is 30.5. The summed E-state index contributed by atoms with van der Waals surface area (Å²) in [6.07, 6.45) is -3.37. The number of allylic oxidation sites excluding steroid dienone is 2. The minimum Gasteiger partial charge on any atom is -0.507 e. The van der Waals surface area contributed by atoms with E-state index in [1.807, 2.05) is 13.8 Å². The van der Waals surface area contributed by atoms with Crippen LogP contribution in [0.3, 0.4) is 0 Å². The first kappa shape index (κ1) is 28.4. The summed E-state index contributed by atoms with van der Waals surface area (Å²) in [6, 6.07) is 7.93. The molecule has 0 amide bonds. The van der Waals surface area contributed by atoms with E-state index in [9.17, 15) is 29.7 Å². The van der Waals surface area contributed by atoms with Gasteiger partial charge in [-0.15, -0.1) is 0 Å². The molecule has 10 heteroatoms. The van der Waals surface area contributed by atoms with E-state index in [0.29, 0.717) is 17.5 Å². The molecule has 0 spiro atoms. The molecule has 2 saturated heterocycles. The van der Waals surface area contributed by atoms with Crippen LogP contribution in [-0.4, -0.2) is 67.9 Å². The average Bonchev–Trinajstić information content (AvgIpc) is 3.15. The molecule has 0 radical (unpaired) electrons. The van der Waals surface area contributed by atoms with E-state index in [0.717, 1.165) is 0 Å². The van der Waals surface area contributed by atoms with Crippen molar-refractivity contribution >= 4 is 23.1 Å². The smallest absolute Gasteiger partial charge is 0.334 e. The Labute approximate surface area is 243 Å². The highest BCUT2D eigenvalue weighted by Gasteiger charge is 2.66. The zero-order valence-corrected chi connectivity index (χ0v) is 24.4. The van der Waals surface area contributed by atoms with Gasteiger partial charge in [-0.05, 0) is 57.4 Å². The summed E-state index contributed by atoms with van der Waals surface area (Å²) in [4.78, 5) is 44.5. The molecule has 2 aromatic rings. The van der Waals surface area contributed by atoms with Gasteiger partial charge in [-0.2, -0.15) is 0 Å². The number of aliphatic hydroxyl groups is 2. The molecule has 0 aromatic heterocycles. The standard InChI is InChI=1S/C32H35NO9/c1-7-15(3)31(5)30(39)42-32(6)18-11-14(2)12-19(34)24(18)25-26(33(31)32)29(38)23-17(28(25)37)9-8-10-21(23)41-22-13-20(35)27(36)16(4)40-22/h8-12,15-16,20,22,27,34-36H,7,13H2,1-6H3/t15-,16-,20+,22+,27-,31-,32-/m0/s1. The second-order valence-electron chi connectivity index (χ2n) is 12.1. The first-order chi connectivity index (χ1) is 19.7. The first-order valence-electron chi connectivity index (χ1n) is 14.3. The fraction of sp³-hybridized carbons (Fsp3) is 0.469. The van der Waals surface area contributed by atoms with Crippen molar-refractivity contribution in [2.75, 3.05) is 0 Å². The predicted molar refractivity (Wildman–Crippen MR) is 150 cm³/mol. The Morgan fingerprint density at radius 1 is 1.12 bits per heavy atom. The van der Waals surface area contributed by atoms with E-state index in [-0.39, 0.29) is 51.8 Å². The number of carbonyl (C=O) groups is 3. The van der Waals surface area contributed by atoms with Crippen molar-refractivity contribution < 1.29 is 43.9 Å². The van der Waals surface area contributed by atoms with E-state index in [1.165, 1.54) is 18.2 Å². The lowest BCUT2D eigenvalue weighted by molar-refractivity contribution is -0.216. The summed E-state index contributed by atoms with van der Waals surface area (Å²) in [6.45, 7) is 10.6. The molecule has 3 aliphatic heterocycles. The Hall–Kier alpha value is -3.73. The quantitative estimate of drug-likeness (QED) is 0.462. The SMILES string of the molecule is CC[C@H](C)[C@@]1(C)C(=O)O[C@@]2(C)c3cc(C)cc(O)c3C3=C(C(=O)c4c(O[C@@H]5C[C@@H](O)[C@@H](O)[C@H](C)O5)cccc4C3=O)N21. The number of ether oxygens (including phenoxy) is 3. The normalized spacial score (nSPS) is 32.6. The van der Waals surface area contributed by atoms with Crippen molar-refractivity contribution in [3.05, 3.63) is 63.8 Å². The van der Waals surface area contributed by atoms with Gasteiger partial charge in [0, 0.05) is 23.1 Å². The second kappa shape index (κ2) is 9.39. The Morgan fingerprint density at radius 3 is 2.50 bits per heavy atom. The molecule has 0 saturated carbocycles. The number of rotatable bonds is 4. The van der Waals surface area contributed by atoms with Gasteiger partial charge in [0.2, 0.25) is 17.8 Å². The van der Waals surface area contributed by atoms with E-state index in [4.69, 9.17) is 14.2 Å². The molecular weight excluding hydrogens is 542 g/mol. The van der Waals surface area contributed by atoms with Crippen molar-refractivity contribution in [2.45, 2.75) is 90.2 Å². The van der Waals surface area contributed by atoms with Gasteiger partial charge in [-0.3, -0.25) is 9.59 Å². The van der Waals surface area contributed by atoms with Crippen LogP contribution in [0.2, 0.25) is 0 Å². The number of ketones is 2. The lowest BCUT2D eigenvalue weighted by atomic mass is 9.73. The number of fused-ring (bicyclic) bond motifs is 6. The Kier molecular flexibility index (Phi) is 6.35. The fourth-order valence-electron chi connectivity index (χ4n) is 6.91. The van der Waals surface area contributed by atoms with Crippen LogP contribution in [0.25, 0.3) is 5.57 Å². The highest BCUT2D eigenvalue weighted by Crippen LogP contribution is 2.58. The molecule has 0 unspecified atom stereocenters. The molecule has 7 atom stereocenters. The van der Waals surface area contributed by atoms with E-state index >= 15 is 0 Å². The maximum Gasteiger partial charge on any atom is 0.334 e. The number of Topliss-reactive ketones (excluding diaryl/α,β-unsaturated/α-hetero) is 2. The minimum absolute atomic E-state index is 0.00327. The monoisotopic (exact) mass is 577 g/mol. The largest absolute Gasteiger partial charge is 0.507 e. The molecule has 10 nitrogen and oxygen atoms in total. The van der Waals surface area contributed by atoms with Crippen molar-refractivity contribution in [3.63, 3.8) is 0 Å². The molecular formula is C32H35NO9. The van der Waals surface area contributed by atoms with Crippen molar-refractivity contribution in [1.82, 2.24) is 4.90 Å². The summed E-state index contributed by atoms with van der Waals surface area (Å²) in [5.74, 6) is -2.01. The van der Waals surface area contributed by atoms with E-state index < -0.39 is 53.4 Å². The van der Waals surface area contributed by atoms with Gasteiger partial charge in [0.1, 0.15) is 28.8 Å². The Balaban J connectivity index is 1.58. The van der Waals surface area contributed by atoms with Crippen LogP contribution in [0.5, 0.6) is 11.5 Å². The lowest BCUT2D eigenvalue weighted by Crippen LogP contribution is -2.58. The van der Waals surface area contributed by atoms with Gasteiger partial charge < -0.3 is 34.4 Å². The maximum atomic E-state index is 14.7. The van der Waals surface area contributed by atoms with Crippen molar-refractivity contribution in [1.29, 1.82) is 0 Å². The van der Waals surface area contributed by atoms with Gasteiger partial charge in [0.15, 0.2) is 5.78 Å². The van der Waals surface area contributed by atoms with Crippen molar-refractivity contribution in [2.24, 2.45) is 5.92 Å². The number of benzene rings is 2. The molecule has 0 bridgehead atoms. The van der Waals surface area contributed by atoms with Gasteiger partial charge in [0.25, 0.3) is 0 Å². The number of phenols is 1. The van der Waals surface area contributed by atoms with Gasteiger partial charge in [-0.1, -0.05) is 32.4 Å². The average molecular weight is 578 g/mol. The van der Waals surface area contributed by atoms with Gasteiger partial charge in [-0.25, -0.2) is 4.79 Å². The van der Waals surface area contributed by atoms with Crippen LogP contribution < -0.4 is 4.74 Å². The molecule has 2 fully saturated rings. The third-order valence-corrected chi connectivity index (χ3v) is 9.51. The molecule has 222 valence electrons. The van der Waals surface area contributed by atoms with Crippen LogP contribution in [0.15, 0.2) is 36.0 Å². The van der Waals surface area contributed by atoms with Crippen LogP contribution in [0.4, 0.5) is 0 Å².